The number of H-pyrrole nitrogens is 1. The predicted octanol–water partition coefficient (Wildman–Crippen LogP) is 2.54. The van der Waals surface area contributed by atoms with Crippen molar-refractivity contribution < 1.29 is 0 Å². The van der Waals surface area contributed by atoms with Crippen molar-refractivity contribution in [2.45, 2.75) is 45.1 Å². The van der Waals surface area contributed by atoms with E-state index in [-0.39, 0.29) is 0 Å². The highest BCUT2D eigenvalue weighted by atomic mass is 15.3. The summed E-state index contributed by atoms with van der Waals surface area (Å²) in [7, 11) is 0. The zero-order valence-corrected chi connectivity index (χ0v) is 10.3. The van der Waals surface area contributed by atoms with Crippen molar-refractivity contribution in [3.8, 4) is 0 Å². The average molecular weight is 232 g/mol. The topological polar surface area (TPSA) is 67.6 Å². The van der Waals surface area contributed by atoms with E-state index >= 15 is 0 Å². The van der Waals surface area contributed by atoms with Crippen molar-refractivity contribution in [2.24, 2.45) is 5.73 Å². The molecule has 92 valence electrons. The summed E-state index contributed by atoms with van der Waals surface area (Å²) < 4.78 is 0. The lowest BCUT2D eigenvalue weighted by atomic mass is 9.97. The molecule has 0 saturated heterocycles. The van der Waals surface area contributed by atoms with Crippen LogP contribution in [0.3, 0.4) is 0 Å². The van der Waals surface area contributed by atoms with Gasteiger partial charge in [-0.05, 0) is 31.4 Å². The molecule has 0 radical (unpaired) electrons. The van der Waals surface area contributed by atoms with Crippen LogP contribution in [0.5, 0.6) is 0 Å². The van der Waals surface area contributed by atoms with Gasteiger partial charge in [0.2, 0.25) is 0 Å². The van der Waals surface area contributed by atoms with Gasteiger partial charge in [0, 0.05) is 6.04 Å². The molecule has 1 aromatic heterocycles. The standard InChI is InChI=1S/C7H7N3.C6H13N/c1-5-3-2-4-6-7(5)9-10-8-6;7-6-4-2-1-3-5-6/h2-4H,1H3,(H,8,9,10);6H,1-5,7H2. The Morgan fingerprint density at radius 1 is 1.18 bits per heavy atom. The molecule has 0 amide bonds. The molecule has 17 heavy (non-hydrogen) atoms. The van der Waals surface area contributed by atoms with Gasteiger partial charge in [0.25, 0.3) is 0 Å². The Balaban J connectivity index is 0.000000136. The highest BCUT2D eigenvalue weighted by Gasteiger charge is 2.06. The number of hydrogen-bond acceptors (Lipinski definition) is 3. The van der Waals surface area contributed by atoms with E-state index in [2.05, 4.69) is 15.4 Å². The first-order valence-electron chi connectivity index (χ1n) is 6.29. The minimum Gasteiger partial charge on any atom is -0.328 e. The molecule has 1 heterocycles. The van der Waals surface area contributed by atoms with Gasteiger partial charge in [0.15, 0.2) is 0 Å². The number of nitrogens with zero attached hydrogens (tertiary/aromatic N) is 2. The van der Waals surface area contributed by atoms with Crippen molar-refractivity contribution in [2.75, 3.05) is 0 Å². The minimum atomic E-state index is 0.536. The maximum atomic E-state index is 5.63. The maximum absolute atomic E-state index is 5.63. The van der Waals surface area contributed by atoms with Gasteiger partial charge in [-0.1, -0.05) is 31.4 Å². The number of rotatable bonds is 0. The predicted molar refractivity (Wildman–Crippen MR) is 69.7 cm³/mol. The lowest BCUT2D eigenvalue weighted by molar-refractivity contribution is 0.441. The molecule has 0 aliphatic heterocycles. The normalized spacial score (nSPS) is 16.6. The van der Waals surface area contributed by atoms with Gasteiger partial charge in [-0.15, -0.1) is 0 Å². The van der Waals surface area contributed by atoms with E-state index in [4.69, 9.17) is 5.73 Å². The van der Waals surface area contributed by atoms with E-state index in [0.717, 1.165) is 16.6 Å². The van der Waals surface area contributed by atoms with E-state index in [9.17, 15) is 0 Å². The van der Waals surface area contributed by atoms with Crippen LogP contribution in [-0.2, 0) is 0 Å². The fourth-order valence-corrected chi connectivity index (χ4v) is 2.14. The summed E-state index contributed by atoms with van der Waals surface area (Å²) in [6, 6.07) is 6.46. The fraction of sp³-hybridized carbons (Fsp3) is 0.538. The summed E-state index contributed by atoms with van der Waals surface area (Å²) in [6.07, 6.45) is 6.66. The lowest BCUT2D eigenvalue weighted by Gasteiger charge is -2.15. The lowest BCUT2D eigenvalue weighted by Crippen LogP contribution is -2.22. The van der Waals surface area contributed by atoms with Crippen molar-refractivity contribution in [3.05, 3.63) is 23.8 Å². The Labute approximate surface area is 102 Å². The molecule has 0 bridgehead atoms. The zero-order chi connectivity index (χ0) is 12.1. The van der Waals surface area contributed by atoms with Gasteiger partial charge >= 0.3 is 0 Å². The van der Waals surface area contributed by atoms with Crippen LogP contribution >= 0.6 is 0 Å². The smallest absolute Gasteiger partial charge is 0.115 e. The van der Waals surface area contributed by atoms with Crippen molar-refractivity contribution in [3.63, 3.8) is 0 Å². The number of nitrogens with one attached hydrogen (secondary N) is 1. The number of aromatic nitrogens is 3. The molecule has 0 spiro atoms. The van der Waals surface area contributed by atoms with Crippen LogP contribution in [0.2, 0.25) is 0 Å². The SMILES string of the molecule is Cc1cccc2n[nH]nc12.NC1CCCCC1. The molecule has 4 nitrogen and oxygen atoms in total. The molecule has 1 saturated carbocycles. The van der Waals surface area contributed by atoms with Crippen molar-refractivity contribution >= 4 is 11.0 Å². The van der Waals surface area contributed by atoms with E-state index in [1.54, 1.807) is 0 Å². The monoisotopic (exact) mass is 232 g/mol. The Bertz CT molecular complexity index is 457. The number of aromatic amines is 1. The van der Waals surface area contributed by atoms with E-state index < -0.39 is 0 Å². The summed E-state index contributed by atoms with van der Waals surface area (Å²) in [5.74, 6) is 0. The summed E-state index contributed by atoms with van der Waals surface area (Å²) in [6.45, 7) is 2.02. The third-order valence-corrected chi connectivity index (χ3v) is 3.20. The van der Waals surface area contributed by atoms with Gasteiger partial charge in [-0.25, -0.2) is 0 Å². The molecule has 1 aliphatic carbocycles. The van der Waals surface area contributed by atoms with Crippen LogP contribution in [-0.4, -0.2) is 21.5 Å². The van der Waals surface area contributed by atoms with Crippen molar-refractivity contribution in [1.29, 1.82) is 0 Å². The second-order valence-corrected chi connectivity index (χ2v) is 4.66. The Kier molecular flexibility index (Phi) is 4.09. The van der Waals surface area contributed by atoms with Crippen LogP contribution in [0.15, 0.2) is 18.2 Å². The summed E-state index contributed by atoms with van der Waals surface area (Å²) >= 11 is 0. The number of aryl methyl sites for hydroxylation is 1. The average Bonchev–Trinajstić information content (AvgIpc) is 2.80. The molecule has 1 aliphatic rings. The molecule has 4 heteroatoms. The van der Waals surface area contributed by atoms with Crippen molar-refractivity contribution in [1.82, 2.24) is 15.4 Å². The molecular weight excluding hydrogens is 212 g/mol. The van der Waals surface area contributed by atoms with E-state index in [1.807, 2.05) is 25.1 Å². The molecule has 3 N–H and O–H groups in total. The highest BCUT2D eigenvalue weighted by Crippen LogP contribution is 2.14. The zero-order valence-electron chi connectivity index (χ0n) is 10.3. The first-order valence-corrected chi connectivity index (χ1v) is 6.29. The van der Waals surface area contributed by atoms with Gasteiger partial charge in [-0.2, -0.15) is 15.4 Å². The molecule has 1 fully saturated rings. The maximum Gasteiger partial charge on any atom is 0.115 e. The molecule has 3 rings (SSSR count). The Morgan fingerprint density at radius 3 is 2.53 bits per heavy atom. The van der Waals surface area contributed by atoms with Crippen LogP contribution in [0.4, 0.5) is 0 Å². The summed E-state index contributed by atoms with van der Waals surface area (Å²) in [5.41, 5.74) is 8.68. The molecule has 0 atom stereocenters. The quantitative estimate of drug-likeness (QED) is 0.733. The Morgan fingerprint density at radius 2 is 1.94 bits per heavy atom. The van der Waals surface area contributed by atoms with E-state index in [0.29, 0.717) is 6.04 Å². The number of benzene rings is 1. The molecule has 2 aromatic rings. The molecule has 1 aromatic carbocycles. The molecular formula is C13H20N4. The number of hydrogen-bond donors (Lipinski definition) is 2. The second kappa shape index (κ2) is 5.77. The summed E-state index contributed by atoms with van der Waals surface area (Å²) in [5, 5.41) is 10.5. The van der Waals surface area contributed by atoms with Crippen LogP contribution in [0.25, 0.3) is 11.0 Å². The van der Waals surface area contributed by atoms with Gasteiger partial charge in [0.1, 0.15) is 11.0 Å². The minimum absolute atomic E-state index is 0.536. The van der Waals surface area contributed by atoms with Crippen LogP contribution in [0, 0.1) is 6.92 Å². The van der Waals surface area contributed by atoms with Gasteiger partial charge in [-0.3, -0.25) is 0 Å². The first kappa shape index (κ1) is 12.0. The second-order valence-electron chi connectivity index (χ2n) is 4.66. The Hall–Kier alpha value is -1.42. The largest absolute Gasteiger partial charge is 0.328 e. The van der Waals surface area contributed by atoms with Crippen LogP contribution < -0.4 is 5.73 Å². The molecule has 0 unspecified atom stereocenters. The third kappa shape index (κ3) is 3.27. The first-order chi connectivity index (χ1) is 8.27. The van der Waals surface area contributed by atoms with Gasteiger partial charge in [0.05, 0.1) is 0 Å². The highest BCUT2D eigenvalue weighted by molar-refractivity contribution is 5.76. The van der Waals surface area contributed by atoms with E-state index in [1.165, 1.54) is 32.1 Å². The third-order valence-electron chi connectivity index (χ3n) is 3.20. The van der Waals surface area contributed by atoms with Gasteiger partial charge < -0.3 is 5.73 Å². The summed E-state index contributed by atoms with van der Waals surface area (Å²) in [4.78, 5) is 0. The fourth-order valence-electron chi connectivity index (χ4n) is 2.14. The number of para-hydroxylation sites is 1. The number of nitrogens with two attached hydrogens (primary N) is 1. The van der Waals surface area contributed by atoms with Crippen LogP contribution in [0.1, 0.15) is 37.7 Å². The number of fused-ring (bicyclic) bond motifs is 1.